The summed E-state index contributed by atoms with van der Waals surface area (Å²) in [6.45, 7) is 2.30. The second-order valence-electron chi connectivity index (χ2n) is 6.58. The lowest BCUT2D eigenvalue weighted by atomic mass is 10.1. The van der Waals surface area contributed by atoms with Crippen LogP contribution in [0.3, 0.4) is 0 Å². The normalized spacial score (nSPS) is 19.9. The van der Waals surface area contributed by atoms with E-state index in [0.717, 1.165) is 24.6 Å². The standard InChI is InChI=1S/C18H24F3N3O3/c1-2-4-15(25)14(10-22)24-8-7-13(17(24)27)23-16(26)11-5-3-6-12(9-11)18(19,20)21/h3,5-6,9,13-15,25H,2,4,7-8,10,22H2,1H3,(H,23,26)/t13-,14-,15-/m0/s1. The third-order valence-corrected chi connectivity index (χ3v) is 4.67. The first kappa shape index (κ1) is 21.2. The van der Waals surface area contributed by atoms with Gasteiger partial charge in [-0.15, -0.1) is 0 Å². The van der Waals surface area contributed by atoms with Gasteiger partial charge in [-0.05, 0) is 31.0 Å². The van der Waals surface area contributed by atoms with Gasteiger partial charge in [0.2, 0.25) is 5.91 Å². The van der Waals surface area contributed by atoms with Crippen LogP contribution < -0.4 is 11.1 Å². The van der Waals surface area contributed by atoms with Crippen molar-refractivity contribution in [1.29, 1.82) is 0 Å². The van der Waals surface area contributed by atoms with Crippen LogP contribution in [0.1, 0.15) is 42.1 Å². The third kappa shape index (κ3) is 4.98. The number of aliphatic hydroxyl groups is 1. The van der Waals surface area contributed by atoms with Crippen LogP contribution >= 0.6 is 0 Å². The van der Waals surface area contributed by atoms with Gasteiger partial charge in [0.15, 0.2) is 0 Å². The van der Waals surface area contributed by atoms with Crippen molar-refractivity contribution >= 4 is 11.8 Å². The number of likely N-dealkylation sites (tertiary alicyclic amines) is 1. The number of hydrogen-bond donors (Lipinski definition) is 3. The summed E-state index contributed by atoms with van der Waals surface area (Å²) in [5.74, 6) is -1.14. The molecular formula is C18H24F3N3O3. The van der Waals surface area contributed by atoms with Gasteiger partial charge < -0.3 is 21.1 Å². The first-order chi connectivity index (χ1) is 12.7. The molecule has 1 fully saturated rings. The molecular weight excluding hydrogens is 363 g/mol. The van der Waals surface area contributed by atoms with Crippen LogP contribution in [0.5, 0.6) is 0 Å². The van der Waals surface area contributed by atoms with E-state index in [2.05, 4.69) is 5.32 Å². The second kappa shape index (κ2) is 8.71. The number of nitrogens with zero attached hydrogens (tertiary/aromatic N) is 1. The number of halogens is 3. The molecule has 4 N–H and O–H groups in total. The molecule has 0 unspecified atom stereocenters. The molecule has 1 heterocycles. The van der Waals surface area contributed by atoms with Crippen molar-refractivity contribution in [2.75, 3.05) is 13.1 Å². The molecule has 0 bridgehead atoms. The largest absolute Gasteiger partial charge is 0.416 e. The molecule has 0 aromatic heterocycles. The first-order valence-electron chi connectivity index (χ1n) is 8.85. The van der Waals surface area contributed by atoms with E-state index in [0.29, 0.717) is 19.4 Å². The molecule has 6 nitrogen and oxygen atoms in total. The maximum atomic E-state index is 12.8. The fourth-order valence-corrected chi connectivity index (χ4v) is 3.22. The number of carbonyl (C=O) groups is 2. The van der Waals surface area contributed by atoms with E-state index in [4.69, 9.17) is 5.73 Å². The molecule has 0 spiro atoms. The molecule has 1 aromatic carbocycles. The zero-order valence-corrected chi connectivity index (χ0v) is 15.0. The van der Waals surface area contributed by atoms with Crippen LogP contribution in [0.4, 0.5) is 13.2 Å². The maximum Gasteiger partial charge on any atom is 0.416 e. The lowest BCUT2D eigenvalue weighted by molar-refractivity contribution is -0.137. The van der Waals surface area contributed by atoms with E-state index in [9.17, 15) is 27.9 Å². The van der Waals surface area contributed by atoms with Gasteiger partial charge in [-0.25, -0.2) is 0 Å². The maximum absolute atomic E-state index is 12.8. The summed E-state index contributed by atoms with van der Waals surface area (Å²) < 4.78 is 38.4. The van der Waals surface area contributed by atoms with Gasteiger partial charge >= 0.3 is 6.18 Å². The zero-order valence-electron chi connectivity index (χ0n) is 15.0. The summed E-state index contributed by atoms with van der Waals surface area (Å²) in [7, 11) is 0. The number of rotatable bonds is 7. The summed E-state index contributed by atoms with van der Waals surface area (Å²) >= 11 is 0. The molecule has 2 rings (SSSR count). The van der Waals surface area contributed by atoms with Crippen molar-refractivity contribution in [3.63, 3.8) is 0 Å². The fourth-order valence-electron chi connectivity index (χ4n) is 3.22. The average molecular weight is 387 g/mol. The number of nitrogens with one attached hydrogen (secondary N) is 1. The highest BCUT2D eigenvalue weighted by atomic mass is 19.4. The minimum Gasteiger partial charge on any atom is -0.391 e. The summed E-state index contributed by atoms with van der Waals surface area (Å²) in [6, 6.07) is 2.63. The molecule has 3 atom stereocenters. The molecule has 1 saturated heterocycles. The molecule has 1 aliphatic rings. The Morgan fingerprint density at radius 2 is 2.15 bits per heavy atom. The summed E-state index contributed by atoms with van der Waals surface area (Å²) in [5.41, 5.74) is 4.59. The van der Waals surface area contributed by atoms with Crippen LogP contribution in [0.2, 0.25) is 0 Å². The van der Waals surface area contributed by atoms with E-state index in [1.165, 1.54) is 11.0 Å². The SMILES string of the molecule is CCC[C@H](O)[C@H](CN)N1CC[C@H](NC(=O)c2cccc(C(F)(F)F)c2)C1=O. The Balaban J connectivity index is 2.06. The van der Waals surface area contributed by atoms with Gasteiger partial charge in [0.25, 0.3) is 5.91 Å². The number of nitrogens with two attached hydrogens (primary N) is 1. The Morgan fingerprint density at radius 3 is 2.74 bits per heavy atom. The summed E-state index contributed by atoms with van der Waals surface area (Å²) in [5, 5.41) is 12.7. The number of alkyl halides is 3. The van der Waals surface area contributed by atoms with Crippen molar-refractivity contribution < 1.29 is 27.9 Å². The lowest BCUT2D eigenvalue weighted by Gasteiger charge is -2.31. The van der Waals surface area contributed by atoms with E-state index >= 15 is 0 Å². The molecule has 0 radical (unpaired) electrons. The monoisotopic (exact) mass is 387 g/mol. The van der Waals surface area contributed by atoms with Crippen LogP contribution in [0.25, 0.3) is 0 Å². The van der Waals surface area contributed by atoms with Crippen molar-refractivity contribution in [2.24, 2.45) is 5.73 Å². The van der Waals surface area contributed by atoms with E-state index in [-0.39, 0.29) is 18.0 Å². The Hall–Kier alpha value is -2.13. The minimum atomic E-state index is -4.56. The Morgan fingerprint density at radius 1 is 1.44 bits per heavy atom. The number of aliphatic hydroxyl groups excluding tert-OH is 1. The van der Waals surface area contributed by atoms with E-state index in [1.807, 2.05) is 6.92 Å². The number of amides is 2. The smallest absolute Gasteiger partial charge is 0.391 e. The van der Waals surface area contributed by atoms with Crippen molar-refractivity contribution in [3.05, 3.63) is 35.4 Å². The topological polar surface area (TPSA) is 95.7 Å². The van der Waals surface area contributed by atoms with Gasteiger partial charge in [-0.2, -0.15) is 13.2 Å². The number of hydrogen-bond acceptors (Lipinski definition) is 4. The van der Waals surface area contributed by atoms with Gasteiger partial charge in [0, 0.05) is 18.7 Å². The van der Waals surface area contributed by atoms with Crippen LogP contribution in [-0.2, 0) is 11.0 Å². The van der Waals surface area contributed by atoms with Crippen LogP contribution in [-0.4, -0.2) is 53.1 Å². The van der Waals surface area contributed by atoms with Gasteiger partial charge in [0.1, 0.15) is 6.04 Å². The number of carbonyl (C=O) groups excluding carboxylic acids is 2. The molecule has 1 aliphatic heterocycles. The van der Waals surface area contributed by atoms with Gasteiger partial charge in [-0.3, -0.25) is 9.59 Å². The Kier molecular flexibility index (Phi) is 6.83. The van der Waals surface area contributed by atoms with Crippen molar-refractivity contribution in [2.45, 2.75) is 50.6 Å². The Labute approximate surface area is 155 Å². The zero-order chi connectivity index (χ0) is 20.2. The van der Waals surface area contributed by atoms with Crippen molar-refractivity contribution in [1.82, 2.24) is 10.2 Å². The Bertz CT molecular complexity index is 681. The average Bonchev–Trinajstić information content (AvgIpc) is 2.96. The minimum absolute atomic E-state index is 0.0845. The molecule has 9 heteroatoms. The quantitative estimate of drug-likeness (QED) is 0.661. The lowest BCUT2D eigenvalue weighted by Crippen LogP contribution is -2.51. The van der Waals surface area contributed by atoms with Crippen LogP contribution in [0.15, 0.2) is 24.3 Å². The predicted molar refractivity (Wildman–Crippen MR) is 92.8 cm³/mol. The molecule has 150 valence electrons. The summed E-state index contributed by atoms with van der Waals surface area (Å²) in [6.07, 6.45) is -3.79. The number of benzene rings is 1. The molecule has 2 amide bonds. The van der Waals surface area contributed by atoms with Crippen LogP contribution in [0, 0.1) is 0 Å². The van der Waals surface area contributed by atoms with E-state index in [1.54, 1.807) is 0 Å². The highest BCUT2D eigenvalue weighted by Gasteiger charge is 2.39. The second-order valence-corrected chi connectivity index (χ2v) is 6.58. The predicted octanol–water partition coefficient (Wildman–Crippen LogP) is 1.52. The molecule has 0 aliphatic carbocycles. The van der Waals surface area contributed by atoms with Gasteiger partial charge in [-0.1, -0.05) is 19.4 Å². The van der Waals surface area contributed by atoms with E-state index < -0.39 is 35.8 Å². The van der Waals surface area contributed by atoms with Crippen molar-refractivity contribution in [3.8, 4) is 0 Å². The molecule has 27 heavy (non-hydrogen) atoms. The first-order valence-corrected chi connectivity index (χ1v) is 8.85. The highest BCUT2D eigenvalue weighted by Crippen LogP contribution is 2.29. The fraction of sp³-hybridized carbons (Fsp3) is 0.556. The molecule has 0 saturated carbocycles. The van der Waals surface area contributed by atoms with Gasteiger partial charge in [0.05, 0.1) is 17.7 Å². The molecule has 1 aromatic rings. The summed E-state index contributed by atoms with van der Waals surface area (Å²) in [4.78, 5) is 26.3. The highest BCUT2D eigenvalue weighted by molar-refractivity contribution is 5.98. The third-order valence-electron chi connectivity index (χ3n) is 4.67.